The maximum absolute atomic E-state index is 13.1. The minimum Gasteiger partial charge on any atom is -0.394 e. The van der Waals surface area contributed by atoms with Gasteiger partial charge in [-0.15, -0.1) is 12.4 Å². The number of H-pyrrole nitrogens is 1. The van der Waals surface area contributed by atoms with Gasteiger partial charge >= 0.3 is 0 Å². The fraction of sp³-hybridized carbons (Fsp3) is 0.400. The van der Waals surface area contributed by atoms with Gasteiger partial charge in [-0.1, -0.05) is 0 Å². The Bertz CT molecular complexity index is 1190. The van der Waals surface area contributed by atoms with Crippen LogP contribution in [0.2, 0.25) is 0 Å². The molecule has 0 aliphatic heterocycles. The molecule has 0 bridgehead atoms. The number of hydrogen-bond donors (Lipinski definition) is 3. The van der Waals surface area contributed by atoms with Gasteiger partial charge in [-0.05, 0) is 38.4 Å². The second kappa shape index (κ2) is 10.1. The van der Waals surface area contributed by atoms with Gasteiger partial charge in [-0.25, -0.2) is 18.7 Å². The van der Waals surface area contributed by atoms with Crippen LogP contribution >= 0.6 is 23.9 Å². The molecule has 0 unspecified atom stereocenters. The fourth-order valence-corrected chi connectivity index (χ4v) is 4.00. The summed E-state index contributed by atoms with van der Waals surface area (Å²) in [4.78, 5) is 10.6. The fourth-order valence-electron chi connectivity index (χ4n) is 3.35. The number of aryl methyl sites for hydroxylation is 1. The SMILES string of the molecule is Cc1cn2c(-c3cn[nH]c3)cnc2c(Nc2cc(CN(CC(F)F)C(C)(C)CO)ns2)n1.Cl. The third kappa shape index (κ3) is 5.46. The number of halogens is 3. The number of anilines is 2. The van der Waals surface area contributed by atoms with Gasteiger partial charge in [-0.3, -0.25) is 14.4 Å². The van der Waals surface area contributed by atoms with Crippen molar-refractivity contribution in [1.29, 1.82) is 0 Å². The molecule has 0 amide bonds. The van der Waals surface area contributed by atoms with Crippen LogP contribution in [-0.2, 0) is 6.54 Å². The number of imidazole rings is 1. The molecule has 4 aromatic rings. The summed E-state index contributed by atoms with van der Waals surface area (Å²) in [5, 5.41) is 20.4. The lowest BCUT2D eigenvalue weighted by Gasteiger charge is -2.36. The van der Waals surface area contributed by atoms with Crippen LogP contribution in [0.1, 0.15) is 25.2 Å². The lowest BCUT2D eigenvalue weighted by atomic mass is 10.0. The van der Waals surface area contributed by atoms with E-state index in [1.807, 2.05) is 17.5 Å². The molecule has 0 radical (unpaired) electrons. The Hall–Kier alpha value is -2.67. The highest BCUT2D eigenvalue weighted by Crippen LogP contribution is 2.28. The monoisotopic (exact) mass is 498 g/mol. The molecule has 0 aromatic carbocycles. The molecule has 3 N–H and O–H groups in total. The lowest BCUT2D eigenvalue weighted by molar-refractivity contribution is 0.000462. The summed E-state index contributed by atoms with van der Waals surface area (Å²) in [7, 11) is 0. The van der Waals surface area contributed by atoms with Crippen LogP contribution in [0, 0.1) is 6.92 Å². The van der Waals surface area contributed by atoms with E-state index in [4.69, 9.17) is 0 Å². The van der Waals surface area contributed by atoms with Crippen LogP contribution in [0.3, 0.4) is 0 Å². The summed E-state index contributed by atoms with van der Waals surface area (Å²) in [5.74, 6) is 0.565. The maximum atomic E-state index is 13.1. The largest absolute Gasteiger partial charge is 0.394 e. The van der Waals surface area contributed by atoms with Gasteiger partial charge in [0.25, 0.3) is 6.43 Å². The molecule has 0 aliphatic carbocycles. The van der Waals surface area contributed by atoms with Gasteiger partial charge in [-0.2, -0.15) is 9.47 Å². The van der Waals surface area contributed by atoms with Crippen molar-refractivity contribution >= 4 is 40.4 Å². The van der Waals surface area contributed by atoms with Gasteiger partial charge in [0.2, 0.25) is 0 Å². The normalized spacial score (nSPS) is 12.0. The van der Waals surface area contributed by atoms with Crippen molar-refractivity contribution < 1.29 is 13.9 Å². The third-order valence-corrected chi connectivity index (χ3v) is 5.90. The van der Waals surface area contributed by atoms with Crippen molar-refractivity contribution in [2.45, 2.75) is 39.3 Å². The van der Waals surface area contributed by atoms with Crippen LogP contribution in [-0.4, -0.2) is 64.1 Å². The molecule has 4 heterocycles. The van der Waals surface area contributed by atoms with Crippen LogP contribution in [0.15, 0.2) is 30.9 Å². The van der Waals surface area contributed by atoms with Crippen molar-refractivity contribution in [2.75, 3.05) is 18.5 Å². The molecule has 0 fully saturated rings. The molecule has 4 aromatic heterocycles. The van der Waals surface area contributed by atoms with Crippen molar-refractivity contribution in [2.24, 2.45) is 0 Å². The molecule has 0 saturated carbocycles. The zero-order chi connectivity index (χ0) is 22.9. The first-order valence-corrected chi connectivity index (χ1v) is 10.7. The molecule has 178 valence electrons. The maximum Gasteiger partial charge on any atom is 0.251 e. The first-order chi connectivity index (χ1) is 15.3. The number of nitrogens with zero attached hydrogens (tertiary/aromatic N) is 6. The molecular weight excluding hydrogens is 474 g/mol. The van der Waals surface area contributed by atoms with E-state index in [1.54, 1.807) is 38.5 Å². The number of aromatic amines is 1. The lowest BCUT2D eigenvalue weighted by Crippen LogP contribution is -2.48. The highest BCUT2D eigenvalue weighted by atomic mass is 35.5. The number of aromatic nitrogens is 6. The first-order valence-electron chi connectivity index (χ1n) is 9.97. The molecule has 33 heavy (non-hydrogen) atoms. The number of aliphatic hydroxyl groups is 1. The number of fused-ring (bicyclic) bond motifs is 1. The van der Waals surface area contributed by atoms with Crippen molar-refractivity contribution in [3.63, 3.8) is 0 Å². The van der Waals surface area contributed by atoms with Crippen LogP contribution in [0.25, 0.3) is 16.9 Å². The van der Waals surface area contributed by atoms with Gasteiger partial charge in [0.15, 0.2) is 11.5 Å². The Morgan fingerprint density at radius 3 is 2.79 bits per heavy atom. The molecule has 0 spiro atoms. The van der Waals surface area contributed by atoms with E-state index >= 15 is 0 Å². The summed E-state index contributed by atoms with van der Waals surface area (Å²) in [6.07, 6.45) is 4.66. The Morgan fingerprint density at radius 1 is 1.33 bits per heavy atom. The van der Waals surface area contributed by atoms with Crippen LogP contribution < -0.4 is 5.32 Å². The quantitative estimate of drug-likeness (QED) is 0.321. The molecule has 4 rings (SSSR count). The summed E-state index contributed by atoms with van der Waals surface area (Å²) in [6.45, 7) is 4.86. The number of nitrogens with one attached hydrogen (secondary N) is 2. The van der Waals surface area contributed by atoms with E-state index in [0.717, 1.165) is 17.0 Å². The Labute approximate surface area is 199 Å². The van der Waals surface area contributed by atoms with Gasteiger partial charge < -0.3 is 10.4 Å². The number of rotatable bonds is 9. The van der Waals surface area contributed by atoms with E-state index in [9.17, 15) is 13.9 Å². The Kier molecular flexibility index (Phi) is 7.62. The molecule has 13 heteroatoms. The zero-order valence-electron chi connectivity index (χ0n) is 18.3. The van der Waals surface area contributed by atoms with Crippen molar-refractivity contribution in [3.8, 4) is 11.3 Å². The van der Waals surface area contributed by atoms with E-state index in [-0.39, 0.29) is 25.6 Å². The van der Waals surface area contributed by atoms with Crippen LogP contribution in [0.4, 0.5) is 19.6 Å². The predicted octanol–water partition coefficient (Wildman–Crippen LogP) is 3.89. The second-order valence-corrected chi connectivity index (χ2v) is 8.91. The number of hydrogen-bond acceptors (Lipinski definition) is 8. The minimum atomic E-state index is -2.51. The summed E-state index contributed by atoms with van der Waals surface area (Å²) < 4.78 is 32.5. The number of alkyl halides is 2. The van der Waals surface area contributed by atoms with Gasteiger partial charge in [0, 0.05) is 30.0 Å². The molecule has 9 nitrogen and oxygen atoms in total. The Morgan fingerprint density at radius 2 is 2.12 bits per heavy atom. The first kappa shape index (κ1) is 25.0. The molecular formula is C20H25ClF2N8OS. The summed E-state index contributed by atoms with van der Waals surface area (Å²) in [5.41, 5.74) is 3.05. The van der Waals surface area contributed by atoms with Gasteiger partial charge in [0.1, 0.15) is 5.00 Å². The average molecular weight is 499 g/mol. The van der Waals surface area contributed by atoms with E-state index < -0.39 is 18.5 Å². The highest BCUT2D eigenvalue weighted by molar-refractivity contribution is 7.10. The summed E-state index contributed by atoms with van der Waals surface area (Å²) in [6, 6.07) is 1.80. The summed E-state index contributed by atoms with van der Waals surface area (Å²) >= 11 is 1.21. The Balaban J connectivity index is 0.00000306. The average Bonchev–Trinajstić information content (AvgIpc) is 3.47. The smallest absolute Gasteiger partial charge is 0.251 e. The van der Waals surface area contributed by atoms with Crippen molar-refractivity contribution in [1.82, 2.24) is 33.8 Å². The van der Waals surface area contributed by atoms with E-state index in [2.05, 4.69) is 29.9 Å². The van der Waals surface area contributed by atoms with Crippen molar-refractivity contribution in [3.05, 3.63) is 42.2 Å². The standard InChI is InChI=1S/C20H24F2N8OS.ClH/c1-12-8-30-15(13-5-24-25-6-13)7-23-19(30)18(26-12)27-17-4-14(28-32-17)9-29(10-16(21)22)20(2,3)11-31;/h4-8,16,31H,9-11H2,1-3H3,(H,24,25)(H,26,27);1H. The van der Waals surface area contributed by atoms with E-state index in [0.29, 0.717) is 22.2 Å². The molecule has 0 aliphatic rings. The van der Waals surface area contributed by atoms with Gasteiger partial charge in [0.05, 0.1) is 42.6 Å². The highest BCUT2D eigenvalue weighted by Gasteiger charge is 2.29. The molecule has 0 atom stereocenters. The molecule has 0 saturated heterocycles. The zero-order valence-corrected chi connectivity index (χ0v) is 19.9. The predicted molar refractivity (Wildman–Crippen MR) is 126 cm³/mol. The topological polar surface area (TPSA) is 107 Å². The number of aliphatic hydroxyl groups excluding tert-OH is 1. The second-order valence-electron chi connectivity index (χ2n) is 8.10. The minimum absolute atomic E-state index is 0. The third-order valence-electron chi connectivity index (χ3n) is 5.16. The van der Waals surface area contributed by atoms with E-state index in [1.165, 1.54) is 16.4 Å². The van der Waals surface area contributed by atoms with Crippen LogP contribution in [0.5, 0.6) is 0 Å².